The van der Waals surface area contributed by atoms with Gasteiger partial charge in [0.2, 0.25) is 0 Å². The molecule has 108 valence electrons. The quantitative estimate of drug-likeness (QED) is 0.722. The van der Waals surface area contributed by atoms with Crippen molar-refractivity contribution in [3.8, 4) is 0 Å². The third-order valence-corrected chi connectivity index (χ3v) is 4.86. The first-order valence-corrected chi connectivity index (χ1v) is 8.41. The van der Waals surface area contributed by atoms with E-state index in [0.29, 0.717) is 29.9 Å². The fourth-order valence-corrected chi connectivity index (χ4v) is 2.69. The first-order valence-electron chi connectivity index (χ1n) is 6.21. The minimum absolute atomic E-state index is 0.0235. The largest absolute Gasteiger partial charge is 0.298 e. The van der Waals surface area contributed by atoms with E-state index in [0.717, 1.165) is 0 Å². The van der Waals surface area contributed by atoms with E-state index >= 15 is 0 Å². The molecule has 19 heavy (non-hydrogen) atoms. The van der Waals surface area contributed by atoms with Gasteiger partial charge in [0.25, 0.3) is 0 Å². The molecule has 0 radical (unpaired) electrons. The molecule has 1 aromatic heterocycles. The van der Waals surface area contributed by atoms with E-state index in [-0.39, 0.29) is 23.2 Å². The standard InChI is InChI=1S/C12H19ClN2O3S/c1-4-19(17,18)6-5-15-12(13)10(8-16)11(14-15)7-9(2)3/h8-9H,4-7H2,1-3H3. The van der Waals surface area contributed by atoms with Crippen molar-refractivity contribution in [3.05, 3.63) is 16.4 Å². The molecule has 1 rings (SSSR count). The van der Waals surface area contributed by atoms with E-state index in [2.05, 4.69) is 5.10 Å². The molecule has 0 saturated carbocycles. The molecule has 0 spiro atoms. The summed E-state index contributed by atoms with van der Waals surface area (Å²) in [6.45, 7) is 5.81. The highest BCUT2D eigenvalue weighted by molar-refractivity contribution is 7.91. The van der Waals surface area contributed by atoms with Crippen LogP contribution >= 0.6 is 11.6 Å². The maximum atomic E-state index is 11.5. The fourth-order valence-electron chi connectivity index (χ4n) is 1.67. The monoisotopic (exact) mass is 306 g/mol. The van der Waals surface area contributed by atoms with Gasteiger partial charge in [-0.3, -0.25) is 9.48 Å². The zero-order valence-corrected chi connectivity index (χ0v) is 13.0. The summed E-state index contributed by atoms with van der Waals surface area (Å²) in [4.78, 5) is 11.0. The zero-order valence-electron chi connectivity index (χ0n) is 11.4. The third kappa shape index (κ3) is 4.31. The summed E-state index contributed by atoms with van der Waals surface area (Å²) in [5.41, 5.74) is 0.994. The van der Waals surface area contributed by atoms with Crippen molar-refractivity contribution in [1.82, 2.24) is 9.78 Å². The predicted octanol–water partition coefficient (Wildman–Crippen LogP) is 1.98. The van der Waals surface area contributed by atoms with Gasteiger partial charge >= 0.3 is 0 Å². The number of sulfone groups is 1. The Bertz CT molecular complexity index is 550. The number of halogens is 1. The normalized spacial score (nSPS) is 12.1. The molecule has 0 N–H and O–H groups in total. The Labute approximate surface area is 118 Å². The van der Waals surface area contributed by atoms with Gasteiger partial charge in [-0.15, -0.1) is 0 Å². The molecule has 0 saturated heterocycles. The first kappa shape index (κ1) is 16.2. The van der Waals surface area contributed by atoms with Gasteiger partial charge in [-0.25, -0.2) is 8.42 Å². The Morgan fingerprint density at radius 3 is 2.53 bits per heavy atom. The van der Waals surface area contributed by atoms with Crippen LogP contribution in [0.15, 0.2) is 0 Å². The fraction of sp³-hybridized carbons (Fsp3) is 0.667. The highest BCUT2D eigenvalue weighted by Gasteiger charge is 2.18. The Morgan fingerprint density at radius 1 is 1.42 bits per heavy atom. The lowest BCUT2D eigenvalue weighted by Gasteiger charge is -2.03. The van der Waals surface area contributed by atoms with E-state index in [1.807, 2.05) is 13.8 Å². The van der Waals surface area contributed by atoms with Crippen molar-refractivity contribution in [2.75, 3.05) is 11.5 Å². The second-order valence-corrected chi connectivity index (χ2v) is 7.66. The molecule has 1 aromatic rings. The van der Waals surface area contributed by atoms with Crippen LogP contribution in [0.4, 0.5) is 0 Å². The minimum Gasteiger partial charge on any atom is -0.298 e. The van der Waals surface area contributed by atoms with Crippen LogP contribution in [0, 0.1) is 5.92 Å². The van der Waals surface area contributed by atoms with Crippen LogP contribution in [0.5, 0.6) is 0 Å². The predicted molar refractivity (Wildman–Crippen MR) is 75.5 cm³/mol. The van der Waals surface area contributed by atoms with Gasteiger partial charge in [-0.1, -0.05) is 32.4 Å². The SMILES string of the molecule is CCS(=O)(=O)CCn1nc(CC(C)C)c(C=O)c1Cl. The highest BCUT2D eigenvalue weighted by Crippen LogP contribution is 2.20. The number of rotatable bonds is 7. The number of aldehydes is 1. The molecule has 0 bridgehead atoms. The van der Waals surface area contributed by atoms with Crippen molar-refractivity contribution < 1.29 is 13.2 Å². The second-order valence-electron chi connectivity index (χ2n) is 4.83. The van der Waals surface area contributed by atoms with Crippen LogP contribution < -0.4 is 0 Å². The number of aromatic nitrogens is 2. The smallest absolute Gasteiger partial charge is 0.155 e. The van der Waals surface area contributed by atoms with Gasteiger partial charge in [0, 0.05) is 5.75 Å². The number of carbonyl (C=O) groups excluding carboxylic acids is 1. The third-order valence-electron chi connectivity index (χ3n) is 2.77. The summed E-state index contributed by atoms with van der Waals surface area (Å²) in [5.74, 6) is 0.410. The molecule has 0 aromatic carbocycles. The van der Waals surface area contributed by atoms with Crippen LogP contribution in [-0.2, 0) is 22.8 Å². The molecular formula is C12H19ClN2O3S. The lowest BCUT2D eigenvalue weighted by molar-refractivity contribution is 0.112. The van der Waals surface area contributed by atoms with Crippen molar-refractivity contribution in [2.45, 2.75) is 33.7 Å². The second kappa shape index (κ2) is 6.52. The van der Waals surface area contributed by atoms with Gasteiger partial charge in [-0.2, -0.15) is 5.10 Å². The van der Waals surface area contributed by atoms with Crippen molar-refractivity contribution in [3.63, 3.8) is 0 Å². The van der Waals surface area contributed by atoms with E-state index in [1.54, 1.807) is 6.92 Å². The summed E-state index contributed by atoms with van der Waals surface area (Å²) in [6.07, 6.45) is 1.32. The summed E-state index contributed by atoms with van der Waals surface area (Å²) in [6, 6.07) is 0. The summed E-state index contributed by atoms with van der Waals surface area (Å²) in [5, 5.41) is 4.47. The summed E-state index contributed by atoms with van der Waals surface area (Å²) >= 11 is 6.06. The van der Waals surface area contributed by atoms with Gasteiger partial charge < -0.3 is 0 Å². The number of hydrogen-bond donors (Lipinski definition) is 0. The van der Waals surface area contributed by atoms with E-state index in [4.69, 9.17) is 11.6 Å². The minimum atomic E-state index is -3.08. The molecule has 0 aliphatic rings. The molecule has 1 heterocycles. The number of carbonyl (C=O) groups is 1. The zero-order chi connectivity index (χ0) is 14.6. The van der Waals surface area contributed by atoms with E-state index < -0.39 is 9.84 Å². The average molecular weight is 307 g/mol. The Kier molecular flexibility index (Phi) is 5.55. The van der Waals surface area contributed by atoms with E-state index in [9.17, 15) is 13.2 Å². The van der Waals surface area contributed by atoms with Crippen molar-refractivity contribution in [1.29, 1.82) is 0 Å². The first-order chi connectivity index (χ1) is 8.80. The molecule has 7 heteroatoms. The van der Waals surface area contributed by atoms with Gasteiger partial charge in [0.05, 0.1) is 23.6 Å². The van der Waals surface area contributed by atoms with Crippen LogP contribution in [0.3, 0.4) is 0 Å². The maximum absolute atomic E-state index is 11.5. The van der Waals surface area contributed by atoms with E-state index in [1.165, 1.54) is 4.68 Å². The highest BCUT2D eigenvalue weighted by atomic mass is 35.5. The summed E-state index contributed by atoms with van der Waals surface area (Å²) < 4.78 is 24.3. The molecule has 0 fully saturated rings. The molecule has 0 atom stereocenters. The maximum Gasteiger partial charge on any atom is 0.155 e. The Balaban J connectivity index is 2.97. The molecule has 0 aliphatic carbocycles. The van der Waals surface area contributed by atoms with Crippen LogP contribution in [0.1, 0.15) is 36.8 Å². The lowest BCUT2D eigenvalue weighted by atomic mass is 10.1. The molecule has 0 aliphatic heterocycles. The van der Waals surface area contributed by atoms with Crippen LogP contribution in [0.25, 0.3) is 0 Å². The van der Waals surface area contributed by atoms with Crippen molar-refractivity contribution in [2.24, 2.45) is 5.92 Å². The number of nitrogens with zero attached hydrogens (tertiary/aromatic N) is 2. The van der Waals surface area contributed by atoms with Crippen LogP contribution in [0.2, 0.25) is 5.15 Å². The molecule has 5 nitrogen and oxygen atoms in total. The van der Waals surface area contributed by atoms with Gasteiger partial charge in [-0.05, 0) is 12.3 Å². The molecule has 0 amide bonds. The van der Waals surface area contributed by atoms with Gasteiger partial charge in [0.15, 0.2) is 16.1 Å². The lowest BCUT2D eigenvalue weighted by Crippen LogP contribution is -2.15. The average Bonchev–Trinajstić information content (AvgIpc) is 2.62. The Hall–Kier alpha value is -0.880. The van der Waals surface area contributed by atoms with Gasteiger partial charge in [0.1, 0.15) is 5.15 Å². The van der Waals surface area contributed by atoms with Crippen LogP contribution in [-0.4, -0.2) is 36.0 Å². The number of aryl methyl sites for hydroxylation is 1. The molecule has 0 unspecified atom stereocenters. The summed E-state index contributed by atoms with van der Waals surface area (Å²) in [7, 11) is -3.08. The molecular weight excluding hydrogens is 288 g/mol. The Morgan fingerprint density at radius 2 is 2.05 bits per heavy atom. The number of hydrogen-bond acceptors (Lipinski definition) is 4. The topological polar surface area (TPSA) is 69.0 Å². The van der Waals surface area contributed by atoms with Crippen molar-refractivity contribution >= 4 is 27.7 Å².